The molecule has 108 valence electrons. The smallest absolute Gasteiger partial charge is 0.0695 e. The second kappa shape index (κ2) is 8.89. The summed E-state index contributed by atoms with van der Waals surface area (Å²) in [5, 5.41) is 10.4. The highest BCUT2D eigenvalue weighted by molar-refractivity contribution is 4.76. The molecule has 0 radical (unpaired) electrons. The molecular weight excluding hydrogens is 226 g/mol. The van der Waals surface area contributed by atoms with Gasteiger partial charge in [-0.3, -0.25) is 4.90 Å². The van der Waals surface area contributed by atoms with E-state index in [0.29, 0.717) is 11.8 Å². The fraction of sp³-hybridized carbons (Fsp3) is 1.00. The first-order valence-corrected chi connectivity index (χ1v) is 7.52. The Morgan fingerprint density at radius 2 is 1.83 bits per heavy atom. The van der Waals surface area contributed by atoms with Gasteiger partial charge in [0.25, 0.3) is 0 Å². The molecule has 1 unspecified atom stereocenters. The molecule has 0 heterocycles. The van der Waals surface area contributed by atoms with Gasteiger partial charge < -0.3 is 9.84 Å². The number of methoxy groups -OCH3 is 1. The molecule has 1 aliphatic carbocycles. The number of aliphatic hydroxyl groups excluding tert-OH is 1. The third-order valence-electron chi connectivity index (χ3n) is 3.87. The van der Waals surface area contributed by atoms with Gasteiger partial charge in [0.2, 0.25) is 0 Å². The molecule has 0 amide bonds. The molecule has 0 aromatic carbocycles. The van der Waals surface area contributed by atoms with E-state index in [0.717, 1.165) is 26.2 Å². The lowest BCUT2D eigenvalue weighted by Gasteiger charge is -2.32. The predicted molar refractivity (Wildman–Crippen MR) is 75.7 cm³/mol. The fourth-order valence-corrected chi connectivity index (χ4v) is 2.93. The average Bonchev–Trinajstić information content (AvgIpc) is 2.36. The second-order valence-corrected chi connectivity index (χ2v) is 6.11. The van der Waals surface area contributed by atoms with E-state index in [1.54, 1.807) is 7.11 Å². The standard InChI is InChI=1S/C15H31NO2/c1-13(2)11-16(9-10-18-3)12-15(17)14-7-5-4-6-8-14/h13-15,17H,4-12H2,1-3H3. The first-order valence-electron chi connectivity index (χ1n) is 7.52. The molecule has 1 N–H and O–H groups in total. The van der Waals surface area contributed by atoms with Gasteiger partial charge in [-0.25, -0.2) is 0 Å². The van der Waals surface area contributed by atoms with Crippen molar-refractivity contribution in [1.29, 1.82) is 0 Å². The molecule has 0 saturated heterocycles. The van der Waals surface area contributed by atoms with Gasteiger partial charge in [-0.05, 0) is 24.7 Å². The number of hydrogen-bond donors (Lipinski definition) is 1. The summed E-state index contributed by atoms with van der Waals surface area (Å²) in [6.45, 7) is 8.00. The van der Waals surface area contributed by atoms with Crippen LogP contribution in [-0.2, 0) is 4.74 Å². The lowest BCUT2D eigenvalue weighted by Crippen LogP contribution is -2.40. The van der Waals surface area contributed by atoms with Crippen LogP contribution >= 0.6 is 0 Å². The van der Waals surface area contributed by atoms with Gasteiger partial charge in [0.1, 0.15) is 0 Å². The van der Waals surface area contributed by atoms with Crippen molar-refractivity contribution in [3.63, 3.8) is 0 Å². The Hall–Kier alpha value is -0.120. The van der Waals surface area contributed by atoms with E-state index in [4.69, 9.17) is 4.74 Å². The molecule has 3 heteroatoms. The highest BCUT2D eigenvalue weighted by Crippen LogP contribution is 2.26. The van der Waals surface area contributed by atoms with E-state index in [1.807, 2.05) is 0 Å². The normalized spacial score (nSPS) is 19.7. The van der Waals surface area contributed by atoms with Crippen LogP contribution in [0.25, 0.3) is 0 Å². The zero-order chi connectivity index (χ0) is 13.4. The summed E-state index contributed by atoms with van der Waals surface area (Å²) in [7, 11) is 1.74. The van der Waals surface area contributed by atoms with Gasteiger partial charge >= 0.3 is 0 Å². The molecular formula is C15H31NO2. The summed E-state index contributed by atoms with van der Waals surface area (Å²) in [5.74, 6) is 1.16. The van der Waals surface area contributed by atoms with E-state index in [-0.39, 0.29) is 6.10 Å². The molecule has 1 saturated carbocycles. The summed E-state index contributed by atoms with van der Waals surface area (Å²) >= 11 is 0. The number of ether oxygens (including phenoxy) is 1. The van der Waals surface area contributed by atoms with E-state index >= 15 is 0 Å². The van der Waals surface area contributed by atoms with Crippen LogP contribution in [0.2, 0.25) is 0 Å². The van der Waals surface area contributed by atoms with Gasteiger partial charge in [0.05, 0.1) is 12.7 Å². The zero-order valence-electron chi connectivity index (χ0n) is 12.4. The number of nitrogens with zero attached hydrogens (tertiary/aromatic N) is 1. The minimum Gasteiger partial charge on any atom is -0.392 e. The van der Waals surface area contributed by atoms with Crippen molar-refractivity contribution in [2.45, 2.75) is 52.1 Å². The quantitative estimate of drug-likeness (QED) is 0.725. The Labute approximate surface area is 113 Å². The van der Waals surface area contributed by atoms with Crippen molar-refractivity contribution >= 4 is 0 Å². The third kappa shape index (κ3) is 6.17. The summed E-state index contributed by atoms with van der Waals surface area (Å²) in [4.78, 5) is 2.35. The molecule has 1 aliphatic rings. The fourth-order valence-electron chi connectivity index (χ4n) is 2.93. The Bertz CT molecular complexity index is 203. The number of rotatable bonds is 8. The molecule has 1 fully saturated rings. The van der Waals surface area contributed by atoms with Gasteiger partial charge in [-0.2, -0.15) is 0 Å². The monoisotopic (exact) mass is 257 g/mol. The maximum Gasteiger partial charge on any atom is 0.0695 e. The van der Waals surface area contributed by atoms with E-state index in [1.165, 1.54) is 32.1 Å². The molecule has 0 spiro atoms. The molecule has 0 aromatic heterocycles. The molecule has 1 rings (SSSR count). The summed E-state index contributed by atoms with van der Waals surface area (Å²) in [6.07, 6.45) is 6.21. The van der Waals surface area contributed by atoms with Crippen molar-refractivity contribution in [2.24, 2.45) is 11.8 Å². The highest BCUT2D eigenvalue weighted by atomic mass is 16.5. The lowest BCUT2D eigenvalue weighted by atomic mass is 9.85. The van der Waals surface area contributed by atoms with Crippen molar-refractivity contribution in [2.75, 3.05) is 33.4 Å². The zero-order valence-corrected chi connectivity index (χ0v) is 12.4. The van der Waals surface area contributed by atoms with Gasteiger partial charge in [0, 0.05) is 26.7 Å². The SMILES string of the molecule is COCCN(CC(C)C)CC(O)C1CCCCC1. The van der Waals surface area contributed by atoms with E-state index < -0.39 is 0 Å². The molecule has 0 aromatic rings. The number of hydrogen-bond acceptors (Lipinski definition) is 3. The van der Waals surface area contributed by atoms with Crippen molar-refractivity contribution in [3.8, 4) is 0 Å². The molecule has 0 aliphatic heterocycles. The predicted octanol–water partition coefficient (Wildman–Crippen LogP) is 2.53. The Morgan fingerprint density at radius 3 is 2.39 bits per heavy atom. The minimum absolute atomic E-state index is 0.152. The number of aliphatic hydroxyl groups is 1. The van der Waals surface area contributed by atoms with Crippen molar-refractivity contribution < 1.29 is 9.84 Å². The Balaban J connectivity index is 2.36. The van der Waals surface area contributed by atoms with Crippen LogP contribution in [0.4, 0.5) is 0 Å². The summed E-state index contributed by atoms with van der Waals surface area (Å²) in [6, 6.07) is 0. The van der Waals surface area contributed by atoms with Crippen LogP contribution in [0, 0.1) is 11.8 Å². The highest BCUT2D eigenvalue weighted by Gasteiger charge is 2.23. The first kappa shape index (κ1) is 15.9. The largest absolute Gasteiger partial charge is 0.392 e. The van der Waals surface area contributed by atoms with Crippen LogP contribution < -0.4 is 0 Å². The topological polar surface area (TPSA) is 32.7 Å². The average molecular weight is 257 g/mol. The molecule has 3 nitrogen and oxygen atoms in total. The summed E-state index contributed by atoms with van der Waals surface area (Å²) < 4.78 is 5.16. The maximum absolute atomic E-state index is 10.4. The minimum atomic E-state index is -0.152. The second-order valence-electron chi connectivity index (χ2n) is 6.11. The van der Waals surface area contributed by atoms with E-state index in [2.05, 4.69) is 18.7 Å². The molecule has 1 atom stereocenters. The van der Waals surface area contributed by atoms with Gasteiger partial charge in [0.15, 0.2) is 0 Å². The molecule has 0 bridgehead atoms. The van der Waals surface area contributed by atoms with E-state index in [9.17, 15) is 5.11 Å². The summed E-state index contributed by atoms with van der Waals surface area (Å²) in [5.41, 5.74) is 0. The molecule has 18 heavy (non-hydrogen) atoms. The Kier molecular flexibility index (Phi) is 7.87. The first-order chi connectivity index (χ1) is 8.63. The van der Waals surface area contributed by atoms with Crippen LogP contribution in [-0.4, -0.2) is 49.5 Å². The van der Waals surface area contributed by atoms with Gasteiger partial charge in [-0.15, -0.1) is 0 Å². The van der Waals surface area contributed by atoms with Gasteiger partial charge in [-0.1, -0.05) is 33.1 Å². The van der Waals surface area contributed by atoms with Crippen LogP contribution in [0.1, 0.15) is 46.0 Å². The Morgan fingerprint density at radius 1 is 1.17 bits per heavy atom. The van der Waals surface area contributed by atoms with Crippen molar-refractivity contribution in [3.05, 3.63) is 0 Å². The van der Waals surface area contributed by atoms with Crippen LogP contribution in [0.15, 0.2) is 0 Å². The lowest BCUT2D eigenvalue weighted by molar-refractivity contribution is 0.0353. The van der Waals surface area contributed by atoms with Crippen LogP contribution in [0.3, 0.4) is 0 Å². The van der Waals surface area contributed by atoms with Crippen LogP contribution in [0.5, 0.6) is 0 Å². The van der Waals surface area contributed by atoms with Crippen molar-refractivity contribution in [1.82, 2.24) is 4.90 Å². The third-order valence-corrected chi connectivity index (χ3v) is 3.87. The maximum atomic E-state index is 10.4.